The lowest BCUT2D eigenvalue weighted by atomic mass is 9.71. The molecule has 6 nitrogen and oxygen atoms in total. The summed E-state index contributed by atoms with van der Waals surface area (Å²) in [6, 6.07) is 8.06. The van der Waals surface area contributed by atoms with Gasteiger partial charge in [-0.3, -0.25) is 9.97 Å². The van der Waals surface area contributed by atoms with Crippen molar-refractivity contribution in [3.63, 3.8) is 0 Å². The van der Waals surface area contributed by atoms with E-state index in [2.05, 4.69) is 9.97 Å². The van der Waals surface area contributed by atoms with Crippen LogP contribution in [-0.4, -0.2) is 56.1 Å². The number of hydrogen-bond donors (Lipinski definition) is 1. The fraction of sp³-hybridized carbons (Fsp3) is 0.250. The van der Waals surface area contributed by atoms with E-state index in [1.54, 1.807) is 12.4 Å². The molecular weight excluding hydrogens is 306 g/mol. The average molecular weight is 322 g/mol. The third kappa shape index (κ3) is 2.67. The predicted molar refractivity (Wildman–Crippen MR) is 94.2 cm³/mol. The number of fused-ring (bicyclic) bond motifs is 2. The van der Waals surface area contributed by atoms with Crippen molar-refractivity contribution in [2.75, 3.05) is 26.4 Å². The highest BCUT2D eigenvalue weighted by molar-refractivity contribution is 6.70. The van der Waals surface area contributed by atoms with E-state index >= 15 is 0 Å². The van der Waals surface area contributed by atoms with Crippen molar-refractivity contribution in [3.05, 3.63) is 36.7 Å². The third-order valence-corrected chi connectivity index (χ3v) is 4.12. The van der Waals surface area contributed by atoms with Crippen LogP contribution in [0.3, 0.4) is 0 Å². The summed E-state index contributed by atoms with van der Waals surface area (Å²) in [4.78, 5) is 9.06. The lowest BCUT2D eigenvalue weighted by Crippen LogP contribution is -2.36. The minimum atomic E-state index is -0.429. The lowest BCUT2D eigenvalue weighted by molar-refractivity contribution is 0.209. The van der Waals surface area contributed by atoms with Gasteiger partial charge in [-0.2, -0.15) is 0 Å². The van der Waals surface area contributed by atoms with Crippen LogP contribution in [0.4, 0.5) is 0 Å². The van der Waals surface area contributed by atoms with E-state index in [1.165, 1.54) is 0 Å². The van der Waals surface area contributed by atoms with Crippen LogP contribution in [0.25, 0.3) is 21.8 Å². The molecule has 0 saturated carbocycles. The smallest absolute Gasteiger partial charge is 0.432 e. The van der Waals surface area contributed by atoms with Gasteiger partial charge in [0.1, 0.15) is 0 Å². The van der Waals surface area contributed by atoms with Crippen molar-refractivity contribution < 1.29 is 19.1 Å². The summed E-state index contributed by atoms with van der Waals surface area (Å²) in [7, 11) is -0.0651. The van der Waals surface area contributed by atoms with Crippen LogP contribution >= 0.6 is 0 Å². The van der Waals surface area contributed by atoms with E-state index in [0.717, 1.165) is 32.7 Å². The molecular formula is C16H16B2N2O4. The van der Waals surface area contributed by atoms with E-state index in [4.69, 9.17) is 19.1 Å². The second-order valence-corrected chi connectivity index (χ2v) is 5.54. The van der Waals surface area contributed by atoms with Gasteiger partial charge in [0.15, 0.2) is 0 Å². The zero-order valence-corrected chi connectivity index (χ0v) is 13.1. The first-order valence-corrected chi connectivity index (χ1v) is 7.96. The molecule has 0 spiro atoms. The van der Waals surface area contributed by atoms with E-state index in [1.807, 2.05) is 24.3 Å². The van der Waals surface area contributed by atoms with Gasteiger partial charge in [0.25, 0.3) is 0 Å². The first-order chi connectivity index (χ1) is 11.9. The molecule has 0 unspecified atom stereocenters. The van der Waals surface area contributed by atoms with Crippen molar-refractivity contribution in [1.29, 1.82) is 0 Å². The summed E-state index contributed by atoms with van der Waals surface area (Å²) >= 11 is 0. The molecule has 1 aliphatic heterocycles. The highest BCUT2D eigenvalue weighted by Crippen LogP contribution is 2.19. The van der Waals surface area contributed by atoms with Gasteiger partial charge < -0.3 is 19.1 Å². The zero-order valence-electron chi connectivity index (χ0n) is 13.1. The van der Waals surface area contributed by atoms with Crippen LogP contribution in [-0.2, 0) is 14.0 Å². The molecule has 24 heavy (non-hydrogen) atoms. The second-order valence-electron chi connectivity index (χ2n) is 5.54. The van der Waals surface area contributed by atoms with Crippen molar-refractivity contribution >= 4 is 47.3 Å². The van der Waals surface area contributed by atoms with Gasteiger partial charge in [0.2, 0.25) is 0 Å². The van der Waals surface area contributed by atoms with Crippen LogP contribution in [0.15, 0.2) is 36.7 Å². The Bertz CT molecular complexity index is 814. The minimum absolute atomic E-state index is 0.0105. The lowest BCUT2D eigenvalue weighted by Gasteiger charge is -2.15. The fourth-order valence-electron chi connectivity index (χ4n) is 3.14. The monoisotopic (exact) mass is 322 g/mol. The number of nitrogens with zero attached hydrogens (tertiary/aromatic N) is 2. The number of aliphatic hydroxyl groups is 1. The number of aliphatic hydroxyl groups excluding tert-OH is 1. The Balaban J connectivity index is 1.98. The predicted octanol–water partition coefficient (Wildman–Crippen LogP) is -0.489. The molecule has 2 heterocycles. The van der Waals surface area contributed by atoms with Gasteiger partial charge in [-0.15, -0.1) is 0 Å². The SMILES string of the molecule is OCCOBc1c2ccccc2c(B2OCCO2)c2nccnc12. The van der Waals surface area contributed by atoms with Gasteiger partial charge in [0.05, 0.1) is 37.5 Å². The molecule has 8 heteroatoms. The molecule has 1 N–H and O–H groups in total. The molecule has 0 radical (unpaired) electrons. The molecule has 0 amide bonds. The number of hydrogen-bond acceptors (Lipinski definition) is 6. The second kappa shape index (κ2) is 6.86. The maximum atomic E-state index is 8.97. The van der Waals surface area contributed by atoms with Crippen LogP contribution in [0.5, 0.6) is 0 Å². The summed E-state index contributed by atoms with van der Waals surface area (Å²) < 4.78 is 17.0. The highest BCUT2D eigenvalue weighted by Gasteiger charge is 2.32. The van der Waals surface area contributed by atoms with Crippen LogP contribution in [0.1, 0.15) is 0 Å². The molecule has 1 aromatic heterocycles. The summed E-state index contributed by atoms with van der Waals surface area (Å²) in [5.74, 6) is 0. The van der Waals surface area contributed by atoms with Crippen molar-refractivity contribution in [2.45, 2.75) is 0 Å². The number of benzene rings is 2. The number of rotatable bonds is 5. The number of aromatic nitrogens is 2. The van der Waals surface area contributed by atoms with Crippen molar-refractivity contribution in [1.82, 2.24) is 9.97 Å². The molecule has 0 bridgehead atoms. The minimum Gasteiger partial charge on any atom is -0.432 e. The van der Waals surface area contributed by atoms with E-state index in [0.29, 0.717) is 20.7 Å². The van der Waals surface area contributed by atoms with Crippen LogP contribution in [0.2, 0.25) is 0 Å². The molecule has 1 aliphatic rings. The Hall–Kier alpha value is -1.99. The van der Waals surface area contributed by atoms with Crippen LogP contribution < -0.4 is 10.9 Å². The van der Waals surface area contributed by atoms with Gasteiger partial charge in [0, 0.05) is 17.9 Å². The van der Waals surface area contributed by atoms with E-state index < -0.39 is 7.12 Å². The van der Waals surface area contributed by atoms with Crippen molar-refractivity contribution in [2.24, 2.45) is 0 Å². The summed E-state index contributed by atoms with van der Waals surface area (Å²) in [5, 5.41) is 11.0. The normalized spacial score (nSPS) is 14.6. The topological polar surface area (TPSA) is 73.7 Å². The van der Waals surface area contributed by atoms with E-state index in [9.17, 15) is 0 Å². The first kappa shape index (κ1) is 15.5. The Labute approximate surface area is 140 Å². The quantitative estimate of drug-likeness (QED) is 0.388. The molecule has 0 aliphatic carbocycles. The molecule has 1 saturated heterocycles. The molecule has 4 rings (SSSR count). The Morgan fingerprint density at radius 1 is 1.08 bits per heavy atom. The Kier molecular flexibility index (Phi) is 4.44. The van der Waals surface area contributed by atoms with Gasteiger partial charge >= 0.3 is 14.6 Å². The molecule has 1 fully saturated rings. The molecule has 0 atom stereocenters. The summed E-state index contributed by atoms with van der Waals surface area (Å²) in [6.07, 6.45) is 3.35. The highest BCUT2D eigenvalue weighted by atomic mass is 16.6. The van der Waals surface area contributed by atoms with Crippen LogP contribution in [0, 0.1) is 0 Å². The van der Waals surface area contributed by atoms with E-state index in [-0.39, 0.29) is 13.2 Å². The standard InChI is InChI=1S/C16H16B2N2O4/c21-7-8-22-17-13-11-3-1-2-4-12(11)14(18-23-9-10-24-18)16-15(13)19-5-6-20-16/h1-6,17,21H,7-10H2. The first-order valence-electron chi connectivity index (χ1n) is 7.96. The molecule has 120 valence electrons. The average Bonchev–Trinajstić information content (AvgIpc) is 3.15. The Morgan fingerprint density at radius 3 is 2.54 bits per heavy atom. The maximum absolute atomic E-state index is 8.97. The fourth-order valence-corrected chi connectivity index (χ4v) is 3.14. The largest absolute Gasteiger partial charge is 0.496 e. The van der Waals surface area contributed by atoms with Gasteiger partial charge in [-0.05, 0) is 16.2 Å². The van der Waals surface area contributed by atoms with Crippen molar-refractivity contribution in [3.8, 4) is 0 Å². The molecule has 2 aromatic carbocycles. The zero-order chi connectivity index (χ0) is 16.4. The summed E-state index contributed by atoms with van der Waals surface area (Å²) in [5.41, 5.74) is 3.43. The summed E-state index contributed by atoms with van der Waals surface area (Å²) in [6.45, 7) is 1.42. The van der Waals surface area contributed by atoms with Gasteiger partial charge in [-0.25, -0.2) is 0 Å². The third-order valence-electron chi connectivity index (χ3n) is 4.12. The maximum Gasteiger partial charge on any atom is 0.496 e. The molecule has 3 aromatic rings. The Morgan fingerprint density at radius 2 is 1.79 bits per heavy atom. The van der Waals surface area contributed by atoms with Gasteiger partial charge in [-0.1, -0.05) is 24.3 Å².